The minimum atomic E-state index is 0.727. The van der Waals surface area contributed by atoms with Crippen molar-refractivity contribution < 1.29 is 0 Å². The van der Waals surface area contributed by atoms with E-state index in [1.807, 2.05) is 30.5 Å². The lowest BCUT2D eigenvalue weighted by molar-refractivity contribution is 0.976. The van der Waals surface area contributed by atoms with Gasteiger partial charge in [-0.1, -0.05) is 29.9 Å². The number of halogens is 1. The summed E-state index contributed by atoms with van der Waals surface area (Å²) in [7, 11) is 0. The summed E-state index contributed by atoms with van der Waals surface area (Å²) in [5, 5.41) is 5.95. The van der Waals surface area contributed by atoms with Gasteiger partial charge in [0, 0.05) is 29.9 Å². The molecule has 3 rings (SSSR count). The van der Waals surface area contributed by atoms with Crippen LogP contribution in [0.15, 0.2) is 36.7 Å². The van der Waals surface area contributed by atoms with Gasteiger partial charge in [-0.3, -0.25) is 4.98 Å². The van der Waals surface area contributed by atoms with Crippen molar-refractivity contribution in [3.8, 4) is 10.4 Å². The Morgan fingerprint density at radius 2 is 2.15 bits per heavy atom. The van der Waals surface area contributed by atoms with Gasteiger partial charge in [0.1, 0.15) is 0 Å². The Bertz CT molecular complexity index is 739. The molecule has 0 unspecified atom stereocenters. The second-order valence-electron chi connectivity index (χ2n) is 4.45. The van der Waals surface area contributed by atoms with Crippen LogP contribution < -0.4 is 5.32 Å². The molecule has 1 aromatic carbocycles. The minimum absolute atomic E-state index is 0.727. The standard InChI is InChI=1S/C15H14ClN3S/c1-2-7-18-15-19-9-13(20-15)11-5-6-12(16)10-4-3-8-17-14(10)11/h3-6,8-9H,2,7H2,1H3,(H,18,19). The molecule has 102 valence electrons. The molecule has 0 aliphatic heterocycles. The first kappa shape index (κ1) is 13.3. The first-order valence-corrected chi connectivity index (χ1v) is 7.72. The van der Waals surface area contributed by atoms with E-state index in [4.69, 9.17) is 11.6 Å². The van der Waals surface area contributed by atoms with Gasteiger partial charge in [-0.15, -0.1) is 0 Å². The van der Waals surface area contributed by atoms with Gasteiger partial charge in [-0.2, -0.15) is 0 Å². The molecular formula is C15H14ClN3S. The van der Waals surface area contributed by atoms with E-state index in [9.17, 15) is 0 Å². The van der Waals surface area contributed by atoms with Crippen LogP contribution in [0, 0.1) is 0 Å². The number of aromatic nitrogens is 2. The van der Waals surface area contributed by atoms with Crippen molar-refractivity contribution in [2.24, 2.45) is 0 Å². The lowest BCUT2D eigenvalue weighted by Gasteiger charge is -2.04. The van der Waals surface area contributed by atoms with E-state index in [0.717, 1.165) is 44.5 Å². The second-order valence-corrected chi connectivity index (χ2v) is 5.89. The number of thiazole rings is 1. The van der Waals surface area contributed by atoms with Crippen molar-refractivity contribution in [3.05, 3.63) is 41.7 Å². The minimum Gasteiger partial charge on any atom is -0.362 e. The topological polar surface area (TPSA) is 37.8 Å². The molecule has 2 aromatic heterocycles. The Hall–Kier alpha value is -1.65. The summed E-state index contributed by atoms with van der Waals surface area (Å²) < 4.78 is 0. The number of nitrogens with zero attached hydrogens (tertiary/aromatic N) is 2. The summed E-state index contributed by atoms with van der Waals surface area (Å²) in [4.78, 5) is 9.97. The summed E-state index contributed by atoms with van der Waals surface area (Å²) in [5.41, 5.74) is 2.00. The van der Waals surface area contributed by atoms with E-state index < -0.39 is 0 Å². The molecule has 0 fully saturated rings. The fourth-order valence-corrected chi connectivity index (χ4v) is 3.13. The zero-order valence-corrected chi connectivity index (χ0v) is 12.6. The Morgan fingerprint density at radius 3 is 3.00 bits per heavy atom. The van der Waals surface area contributed by atoms with Gasteiger partial charge in [-0.05, 0) is 30.7 Å². The summed E-state index contributed by atoms with van der Waals surface area (Å²) in [6, 6.07) is 7.82. The molecule has 3 nitrogen and oxygen atoms in total. The average Bonchev–Trinajstić information content (AvgIpc) is 2.94. The van der Waals surface area contributed by atoms with Gasteiger partial charge in [-0.25, -0.2) is 4.98 Å². The Kier molecular flexibility index (Phi) is 3.85. The third kappa shape index (κ3) is 2.49. The van der Waals surface area contributed by atoms with Crippen LogP contribution >= 0.6 is 22.9 Å². The van der Waals surface area contributed by atoms with Crippen LogP contribution in [0.5, 0.6) is 0 Å². The summed E-state index contributed by atoms with van der Waals surface area (Å²) in [5.74, 6) is 0. The van der Waals surface area contributed by atoms with E-state index in [1.165, 1.54) is 0 Å². The smallest absolute Gasteiger partial charge is 0.183 e. The first-order valence-electron chi connectivity index (χ1n) is 6.53. The summed E-state index contributed by atoms with van der Waals surface area (Å²) >= 11 is 7.87. The molecule has 0 radical (unpaired) electrons. The second kappa shape index (κ2) is 5.77. The van der Waals surface area contributed by atoms with E-state index in [1.54, 1.807) is 17.5 Å². The number of nitrogens with one attached hydrogen (secondary N) is 1. The van der Waals surface area contributed by atoms with Crippen LogP contribution in [-0.4, -0.2) is 16.5 Å². The number of hydrogen-bond donors (Lipinski definition) is 1. The third-order valence-electron chi connectivity index (χ3n) is 3.01. The molecule has 0 saturated heterocycles. The lowest BCUT2D eigenvalue weighted by atomic mass is 10.1. The van der Waals surface area contributed by atoms with E-state index >= 15 is 0 Å². The number of fused-ring (bicyclic) bond motifs is 1. The van der Waals surface area contributed by atoms with Gasteiger partial charge < -0.3 is 5.32 Å². The Balaban J connectivity index is 2.06. The highest BCUT2D eigenvalue weighted by atomic mass is 35.5. The van der Waals surface area contributed by atoms with Crippen LogP contribution in [-0.2, 0) is 0 Å². The molecule has 0 bridgehead atoms. The third-order valence-corrected chi connectivity index (χ3v) is 4.33. The van der Waals surface area contributed by atoms with Gasteiger partial charge in [0.25, 0.3) is 0 Å². The Labute approximate surface area is 126 Å². The van der Waals surface area contributed by atoms with Gasteiger partial charge in [0.05, 0.1) is 15.4 Å². The average molecular weight is 304 g/mol. The molecule has 1 N–H and O–H groups in total. The molecule has 3 aromatic rings. The van der Waals surface area contributed by atoms with Crippen molar-refractivity contribution in [2.45, 2.75) is 13.3 Å². The van der Waals surface area contributed by atoms with Gasteiger partial charge >= 0.3 is 0 Å². The normalized spacial score (nSPS) is 10.9. The van der Waals surface area contributed by atoms with Gasteiger partial charge in [0.15, 0.2) is 5.13 Å². The predicted molar refractivity (Wildman–Crippen MR) is 86.6 cm³/mol. The van der Waals surface area contributed by atoms with Crippen molar-refractivity contribution in [3.63, 3.8) is 0 Å². The molecule has 0 aliphatic carbocycles. The Morgan fingerprint density at radius 1 is 1.25 bits per heavy atom. The summed E-state index contributed by atoms with van der Waals surface area (Å²) in [6.07, 6.45) is 4.76. The molecule has 0 spiro atoms. The van der Waals surface area contributed by atoms with Crippen molar-refractivity contribution in [2.75, 3.05) is 11.9 Å². The maximum absolute atomic E-state index is 6.23. The molecule has 0 amide bonds. The fraction of sp³-hybridized carbons (Fsp3) is 0.200. The number of rotatable bonds is 4. The van der Waals surface area contributed by atoms with Crippen LogP contribution in [0.25, 0.3) is 21.3 Å². The molecule has 0 atom stereocenters. The molecule has 5 heteroatoms. The highest BCUT2D eigenvalue weighted by molar-refractivity contribution is 7.19. The zero-order valence-electron chi connectivity index (χ0n) is 11.1. The number of pyridine rings is 1. The number of benzene rings is 1. The first-order chi connectivity index (χ1) is 9.79. The van der Waals surface area contributed by atoms with Crippen LogP contribution in [0.2, 0.25) is 5.02 Å². The van der Waals surface area contributed by atoms with E-state index in [0.29, 0.717) is 0 Å². The predicted octanol–water partition coefficient (Wildman–Crippen LogP) is 4.83. The fourth-order valence-electron chi connectivity index (χ4n) is 2.05. The van der Waals surface area contributed by atoms with Crippen molar-refractivity contribution in [1.29, 1.82) is 0 Å². The summed E-state index contributed by atoms with van der Waals surface area (Å²) in [6.45, 7) is 3.07. The highest BCUT2D eigenvalue weighted by Gasteiger charge is 2.10. The molecule has 0 saturated carbocycles. The number of anilines is 1. The van der Waals surface area contributed by atoms with Crippen LogP contribution in [0.4, 0.5) is 5.13 Å². The maximum atomic E-state index is 6.23. The molecule has 0 aliphatic rings. The largest absolute Gasteiger partial charge is 0.362 e. The van der Waals surface area contributed by atoms with Crippen LogP contribution in [0.3, 0.4) is 0 Å². The van der Waals surface area contributed by atoms with Gasteiger partial charge in [0.2, 0.25) is 0 Å². The van der Waals surface area contributed by atoms with Crippen LogP contribution in [0.1, 0.15) is 13.3 Å². The SMILES string of the molecule is CCCNc1ncc(-c2ccc(Cl)c3cccnc23)s1. The van der Waals surface area contributed by atoms with Crippen molar-refractivity contribution in [1.82, 2.24) is 9.97 Å². The number of hydrogen-bond acceptors (Lipinski definition) is 4. The van der Waals surface area contributed by atoms with E-state index in [-0.39, 0.29) is 0 Å². The lowest BCUT2D eigenvalue weighted by Crippen LogP contribution is -1.97. The molecular weight excluding hydrogens is 290 g/mol. The molecule has 20 heavy (non-hydrogen) atoms. The molecule has 2 heterocycles. The monoisotopic (exact) mass is 303 g/mol. The zero-order chi connectivity index (χ0) is 13.9. The maximum Gasteiger partial charge on any atom is 0.183 e. The quantitative estimate of drug-likeness (QED) is 0.750. The highest BCUT2D eigenvalue weighted by Crippen LogP contribution is 2.35. The van der Waals surface area contributed by atoms with E-state index in [2.05, 4.69) is 22.2 Å². The van der Waals surface area contributed by atoms with Crippen molar-refractivity contribution >= 4 is 39.0 Å².